The van der Waals surface area contributed by atoms with Crippen LogP contribution in [0.5, 0.6) is 0 Å². The summed E-state index contributed by atoms with van der Waals surface area (Å²) in [5.74, 6) is 0.123. The van der Waals surface area contributed by atoms with Crippen molar-refractivity contribution in [1.29, 1.82) is 0 Å². The molecule has 0 amide bonds. The molecule has 0 spiro atoms. The summed E-state index contributed by atoms with van der Waals surface area (Å²) >= 11 is 0. The van der Waals surface area contributed by atoms with Gasteiger partial charge in [-0.3, -0.25) is 0 Å². The van der Waals surface area contributed by atoms with Crippen molar-refractivity contribution >= 4 is 19.7 Å². The summed E-state index contributed by atoms with van der Waals surface area (Å²) in [6.07, 6.45) is 0. The molecule has 0 aliphatic heterocycles. The molecule has 6 nitrogen and oxygen atoms in total. The molecule has 80 valence electrons. The molecular weight excluding hydrogens is 228 g/mol. The summed E-state index contributed by atoms with van der Waals surface area (Å²) in [7, 11) is 1.44. The Bertz CT molecular complexity index is 400. The summed E-state index contributed by atoms with van der Waals surface area (Å²) in [6.45, 7) is 4.61. The van der Waals surface area contributed by atoms with Gasteiger partial charge in [0.2, 0.25) is 9.05 Å². The minimum absolute atomic E-state index is 0.126. The molecule has 14 heavy (non-hydrogen) atoms. The molecule has 0 N–H and O–H groups in total. The topological polar surface area (TPSA) is 77.7 Å². The Morgan fingerprint density at radius 3 is 2.64 bits per heavy atom. The Labute approximate surface area is 86.7 Å². The van der Waals surface area contributed by atoms with E-state index in [4.69, 9.17) is 10.7 Å². The second-order valence-corrected chi connectivity index (χ2v) is 6.11. The fourth-order valence-corrected chi connectivity index (χ4v) is 1.61. The number of rotatable bonds is 4. The molecule has 0 saturated carbocycles. The van der Waals surface area contributed by atoms with E-state index in [1.807, 2.05) is 13.8 Å². The first-order valence-electron chi connectivity index (χ1n) is 4.06. The summed E-state index contributed by atoms with van der Waals surface area (Å²) in [4.78, 5) is 1.36. The van der Waals surface area contributed by atoms with E-state index in [2.05, 4.69) is 15.4 Å². The molecular formula is C6H11ClN4O2S. The molecule has 0 unspecified atom stereocenters. The molecule has 0 aliphatic rings. The standard InChI is InChI=1S/C6H11ClN4O2S/c1-5(2)3-11-9-6(8-10-11)4-14(7,12)13/h5H,3-4H2,1-2H3. The number of nitrogens with zero attached hydrogens (tertiary/aromatic N) is 4. The van der Waals surface area contributed by atoms with Gasteiger partial charge in [0.15, 0.2) is 5.82 Å². The van der Waals surface area contributed by atoms with Crippen LogP contribution in [-0.2, 0) is 21.3 Å². The van der Waals surface area contributed by atoms with Crippen LogP contribution >= 0.6 is 10.7 Å². The van der Waals surface area contributed by atoms with Crippen molar-refractivity contribution < 1.29 is 8.42 Å². The average Bonchev–Trinajstić information content (AvgIpc) is 2.30. The van der Waals surface area contributed by atoms with E-state index in [9.17, 15) is 8.42 Å². The highest BCUT2D eigenvalue weighted by Crippen LogP contribution is 2.04. The minimum Gasteiger partial charge on any atom is -0.212 e. The highest BCUT2D eigenvalue weighted by atomic mass is 35.7. The number of hydrogen-bond donors (Lipinski definition) is 0. The fourth-order valence-electron chi connectivity index (χ4n) is 0.892. The molecule has 1 heterocycles. The zero-order valence-corrected chi connectivity index (χ0v) is 9.46. The number of halogens is 1. The highest BCUT2D eigenvalue weighted by Gasteiger charge is 2.12. The molecule has 0 bridgehead atoms. The quantitative estimate of drug-likeness (QED) is 0.710. The lowest BCUT2D eigenvalue weighted by molar-refractivity contribution is 0.428. The molecule has 0 aliphatic carbocycles. The molecule has 0 radical (unpaired) electrons. The van der Waals surface area contributed by atoms with Crippen LogP contribution in [0.2, 0.25) is 0 Å². The van der Waals surface area contributed by atoms with E-state index in [-0.39, 0.29) is 11.6 Å². The van der Waals surface area contributed by atoms with Gasteiger partial charge in [-0.2, -0.15) is 4.80 Å². The smallest absolute Gasteiger partial charge is 0.212 e. The maximum absolute atomic E-state index is 10.7. The number of hydrogen-bond acceptors (Lipinski definition) is 5. The van der Waals surface area contributed by atoms with Crippen LogP contribution in [0.15, 0.2) is 0 Å². The summed E-state index contributed by atoms with van der Waals surface area (Å²) in [5, 5.41) is 11.1. The first kappa shape index (κ1) is 11.4. The maximum atomic E-state index is 10.7. The average molecular weight is 239 g/mol. The van der Waals surface area contributed by atoms with Gasteiger partial charge in [-0.1, -0.05) is 13.8 Å². The van der Waals surface area contributed by atoms with Gasteiger partial charge in [0.05, 0.1) is 6.54 Å². The van der Waals surface area contributed by atoms with Gasteiger partial charge in [-0.05, 0) is 11.1 Å². The minimum atomic E-state index is -3.60. The van der Waals surface area contributed by atoms with Crippen LogP contribution in [0.25, 0.3) is 0 Å². The third kappa shape index (κ3) is 4.01. The van der Waals surface area contributed by atoms with Crippen LogP contribution in [0, 0.1) is 5.92 Å². The maximum Gasteiger partial charge on any atom is 0.240 e. The van der Waals surface area contributed by atoms with Crippen molar-refractivity contribution in [3.05, 3.63) is 5.82 Å². The predicted molar refractivity (Wildman–Crippen MR) is 51.1 cm³/mol. The molecule has 1 aromatic rings. The molecule has 0 aromatic carbocycles. The van der Waals surface area contributed by atoms with Gasteiger partial charge < -0.3 is 0 Å². The van der Waals surface area contributed by atoms with Crippen molar-refractivity contribution in [2.75, 3.05) is 0 Å². The Hall–Kier alpha value is -0.690. The zero-order chi connectivity index (χ0) is 10.8. The highest BCUT2D eigenvalue weighted by molar-refractivity contribution is 8.13. The third-order valence-corrected chi connectivity index (χ3v) is 2.25. The number of tetrazole rings is 1. The van der Waals surface area contributed by atoms with Gasteiger partial charge in [-0.25, -0.2) is 8.42 Å². The lowest BCUT2D eigenvalue weighted by Crippen LogP contribution is -2.08. The van der Waals surface area contributed by atoms with Crippen LogP contribution in [-0.4, -0.2) is 28.6 Å². The molecule has 0 saturated heterocycles. The Morgan fingerprint density at radius 1 is 1.50 bits per heavy atom. The Morgan fingerprint density at radius 2 is 2.14 bits per heavy atom. The first-order valence-corrected chi connectivity index (χ1v) is 6.53. The second kappa shape index (κ2) is 4.22. The van der Waals surface area contributed by atoms with Crippen molar-refractivity contribution in [3.8, 4) is 0 Å². The predicted octanol–water partition coefficient (Wildman–Crippen LogP) is 0.398. The molecule has 1 aromatic heterocycles. The van der Waals surface area contributed by atoms with Crippen LogP contribution in [0.3, 0.4) is 0 Å². The molecule has 1 rings (SSSR count). The third-order valence-electron chi connectivity index (χ3n) is 1.32. The second-order valence-electron chi connectivity index (χ2n) is 3.34. The molecule has 0 fully saturated rings. The first-order chi connectivity index (χ1) is 6.37. The van der Waals surface area contributed by atoms with E-state index in [1.165, 1.54) is 4.80 Å². The SMILES string of the molecule is CC(C)Cn1nnc(CS(=O)(=O)Cl)n1. The van der Waals surface area contributed by atoms with Gasteiger partial charge in [0.1, 0.15) is 5.75 Å². The Kier molecular flexibility index (Phi) is 3.43. The van der Waals surface area contributed by atoms with Crippen molar-refractivity contribution in [3.63, 3.8) is 0 Å². The van der Waals surface area contributed by atoms with Gasteiger partial charge in [-0.15, -0.1) is 10.2 Å². The van der Waals surface area contributed by atoms with E-state index < -0.39 is 9.05 Å². The molecule has 0 atom stereocenters. The molecule has 8 heteroatoms. The largest absolute Gasteiger partial charge is 0.240 e. The van der Waals surface area contributed by atoms with Crippen molar-refractivity contribution in [2.24, 2.45) is 5.92 Å². The van der Waals surface area contributed by atoms with E-state index in [0.717, 1.165) is 0 Å². The lowest BCUT2D eigenvalue weighted by atomic mass is 10.2. The van der Waals surface area contributed by atoms with Gasteiger partial charge in [0.25, 0.3) is 0 Å². The lowest BCUT2D eigenvalue weighted by Gasteiger charge is -2.00. The van der Waals surface area contributed by atoms with Gasteiger partial charge in [0, 0.05) is 10.7 Å². The summed E-state index contributed by atoms with van der Waals surface area (Å²) in [5.41, 5.74) is 0. The zero-order valence-electron chi connectivity index (χ0n) is 7.88. The van der Waals surface area contributed by atoms with Crippen LogP contribution in [0.1, 0.15) is 19.7 Å². The van der Waals surface area contributed by atoms with Gasteiger partial charge >= 0.3 is 0 Å². The van der Waals surface area contributed by atoms with Crippen molar-refractivity contribution in [1.82, 2.24) is 20.2 Å². The van der Waals surface area contributed by atoms with E-state index in [1.54, 1.807) is 0 Å². The summed E-state index contributed by atoms with van der Waals surface area (Å²) in [6, 6.07) is 0. The van der Waals surface area contributed by atoms with Crippen LogP contribution < -0.4 is 0 Å². The van der Waals surface area contributed by atoms with E-state index in [0.29, 0.717) is 12.5 Å². The Balaban J connectivity index is 2.69. The van der Waals surface area contributed by atoms with E-state index >= 15 is 0 Å². The fraction of sp³-hybridized carbons (Fsp3) is 0.833. The van der Waals surface area contributed by atoms with Crippen molar-refractivity contribution in [2.45, 2.75) is 26.1 Å². The van der Waals surface area contributed by atoms with Crippen LogP contribution in [0.4, 0.5) is 0 Å². The normalized spacial score (nSPS) is 12.3. The monoisotopic (exact) mass is 238 g/mol. The number of aromatic nitrogens is 4. The summed E-state index contributed by atoms with van der Waals surface area (Å²) < 4.78 is 21.4.